The molecule has 106 valence electrons. The Kier molecular flexibility index (Phi) is 4.09. The normalized spacial score (nSPS) is 13.3. The van der Waals surface area contributed by atoms with Crippen LogP contribution in [-0.4, -0.2) is 0 Å². The van der Waals surface area contributed by atoms with Crippen LogP contribution < -0.4 is 0 Å². The van der Waals surface area contributed by atoms with Crippen molar-refractivity contribution in [1.82, 2.24) is 0 Å². The lowest BCUT2D eigenvalue weighted by atomic mass is 9.97. The highest BCUT2D eigenvalue weighted by Gasteiger charge is 2.31. The summed E-state index contributed by atoms with van der Waals surface area (Å²) in [6.45, 7) is 3.83. The number of halogens is 4. The second kappa shape index (κ2) is 5.49. The van der Waals surface area contributed by atoms with E-state index in [-0.39, 0.29) is 0 Å². The van der Waals surface area contributed by atoms with Gasteiger partial charge in [0.2, 0.25) is 0 Å². The molecule has 0 aliphatic rings. The maximum absolute atomic E-state index is 12.7. The zero-order valence-corrected chi connectivity index (χ0v) is 11.9. The highest BCUT2D eigenvalue weighted by molar-refractivity contribution is 6.22. The molecule has 0 amide bonds. The van der Waals surface area contributed by atoms with Crippen molar-refractivity contribution in [2.24, 2.45) is 0 Å². The number of rotatable bonds is 2. The van der Waals surface area contributed by atoms with Crippen LogP contribution in [0.15, 0.2) is 42.5 Å². The fraction of sp³-hybridized carbons (Fsp3) is 0.250. The Labute approximate surface area is 121 Å². The van der Waals surface area contributed by atoms with Crippen molar-refractivity contribution >= 4 is 11.6 Å². The molecule has 0 saturated heterocycles. The second-order valence-electron chi connectivity index (χ2n) is 4.85. The van der Waals surface area contributed by atoms with Crippen LogP contribution in [0.3, 0.4) is 0 Å². The third kappa shape index (κ3) is 3.15. The number of hydrogen-bond acceptors (Lipinski definition) is 0. The Balaban J connectivity index is 2.43. The maximum Gasteiger partial charge on any atom is 0.416 e. The van der Waals surface area contributed by atoms with E-state index in [1.54, 1.807) is 6.07 Å². The van der Waals surface area contributed by atoms with Crippen molar-refractivity contribution in [3.63, 3.8) is 0 Å². The van der Waals surface area contributed by atoms with Crippen LogP contribution in [0.1, 0.15) is 33.2 Å². The van der Waals surface area contributed by atoms with Gasteiger partial charge in [-0.05, 0) is 42.7 Å². The van der Waals surface area contributed by atoms with Crippen LogP contribution in [-0.2, 0) is 6.18 Å². The van der Waals surface area contributed by atoms with E-state index in [4.69, 9.17) is 11.6 Å². The zero-order valence-electron chi connectivity index (χ0n) is 11.1. The molecule has 0 spiro atoms. The van der Waals surface area contributed by atoms with E-state index < -0.39 is 17.1 Å². The van der Waals surface area contributed by atoms with E-state index in [1.807, 2.05) is 32.0 Å². The number of aryl methyl sites for hydroxylation is 2. The van der Waals surface area contributed by atoms with Gasteiger partial charge < -0.3 is 0 Å². The molecule has 0 heterocycles. The SMILES string of the molecule is Cc1ccc(C)c(C(Cl)c2cccc(C(F)(F)F)c2)c1. The van der Waals surface area contributed by atoms with Crippen LogP contribution in [0.2, 0.25) is 0 Å². The molecular formula is C16H14ClF3. The largest absolute Gasteiger partial charge is 0.416 e. The third-order valence-electron chi connectivity index (χ3n) is 3.21. The summed E-state index contributed by atoms with van der Waals surface area (Å²) < 4.78 is 38.2. The van der Waals surface area contributed by atoms with Gasteiger partial charge in [-0.3, -0.25) is 0 Å². The summed E-state index contributed by atoms with van der Waals surface area (Å²) in [5, 5.41) is -0.586. The van der Waals surface area contributed by atoms with E-state index in [2.05, 4.69) is 0 Å². The van der Waals surface area contributed by atoms with Gasteiger partial charge >= 0.3 is 6.18 Å². The molecule has 0 aliphatic heterocycles. The average Bonchev–Trinajstić information content (AvgIpc) is 2.40. The standard InChI is InChI=1S/C16H14ClF3/c1-10-6-7-11(2)14(8-10)15(17)12-4-3-5-13(9-12)16(18,19)20/h3-9,15H,1-2H3. The summed E-state index contributed by atoms with van der Waals surface area (Å²) in [7, 11) is 0. The molecule has 4 heteroatoms. The molecule has 0 aromatic heterocycles. The van der Waals surface area contributed by atoms with Crippen molar-refractivity contribution in [3.05, 3.63) is 70.3 Å². The molecule has 0 N–H and O–H groups in total. The van der Waals surface area contributed by atoms with Crippen molar-refractivity contribution in [2.75, 3.05) is 0 Å². The van der Waals surface area contributed by atoms with Gasteiger partial charge in [0, 0.05) is 0 Å². The van der Waals surface area contributed by atoms with E-state index in [0.717, 1.165) is 28.8 Å². The van der Waals surface area contributed by atoms with E-state index >= 15 is 0 Å². The fourth-order valence-electron chi connectivity index (χ4n) is 2.09. The van der Waals surface area contributed by atoms with Gasteiger partial charge in [-0.1, -0.05) is 35.9 Å². The number of alkyl halides is 4. The molecule has 0 bridgehead atoms. The van der Waals surface area contributed by atoms with Gasteiger partial charge in [-0.2, -0.15) is 13.2 Å². The van der Waals surface area contributed by atoms with Crippen LogP contribution in [0, 0.1) is 13.8 Å². The lowest BCUT2D eigenvalue weighted by molar-refractivity contribution is -0.137. The van der Waals surface area contributed by atoms with Gasteiger partial charge in [0.15, 0.2) is 0 Å². The minimum absolute atomic E-state index is 0.454. The van der Waals surface area contributed by atoms with Crippen LogP contribution in [0.4, 0.5) is 13.2 Å². The van der Waals surface area contributed by atoms with Gasteiger partial charge in [-0.25, -0.2) is 0 Å². The first-order chi connectivity index (χ1) is 9.29. The summed E-state index contributed by atoms with van der Waals surface area (Å²) in [4.78, 5) is 0. The predicted molar refractivity (Wildman–Crippen MR) is 75.1 cm³/mol. The van der Waals surface area contributed by atoms with Gasteiger partial charge in [0.25, 0.3) is 0 Å². The Bertz CT molecular complexity index is 617. The average molecular weight is 299 g/mol. The first-order valence-electron chi connectivity index (χ1n) is 6.17. The predicted octanol–water partition coefficient (Wildman–Crippen LogP) is 5.65. The summed E-state index contributed by atoms with van der Waals surface area (Å²) in [6.07, 6.45) is -4.35. The van der Waals surface area contributed by atoms with Crippen molar-refractivity contribution < 1.29 is 13.2 Å². The van der Waals surface area contributed by atoms with Crippen LogP contribution >= 0.6 is 11.6 Å². The number of hydrogen-bond donors (Lipinski definition) is 0. The van der Waals surface area contributed by atoms with Gasteiger partial charge in [0.05, 0.1) is 10.9 Å². The fourth-order valence-corrected chi connectivity index (χ4v) is 2.46. The lowest BCUT2D eigenvalue weighted by Crippen LogP contribution is -2.06. The molecule has 0 radical (unpaired) electrons. The molecule has 2 rings (SSSR count). The lowest BCUT2D eigenvalue weighted by Gasteiger charge is -2.16. The first kappa shape index (κ1) is 14.9. The Morgan fingerprint density at radius 3 is 2.35 bits per heavy atom. The molecule has 0 fully saturated rings. The van der Waals surface area contributed by atoms with E-state index in [1.165, 1.54) is 6.07 Å². The van der Waals surface area contributed by atoms with Crippen molar-refractivity contribution in [1.29, 1.82) is 0 Å². The highest BCUT2D eigenvalue weighted by atomic mass is 35.5. The Hall–Kier alpha value is -1.48. The molecule has 20 heavy (non-hydrogen) atoms. The quantitative estimate of drug-likeness (QED) is 0.628. The molecular weight excluding hydrogens is 285 g/mol. The topological polar surface area (TPSA) is 0 Å². The van der Waals surface area contributed by atoms with Crippen LogP contribution in [0.5, 0.6) is 0 Å². The molecule has 0 aliphatic carbocycles. The van der Waals surface area contributed by atoms with Gasteiger partial charge in [-0.15, -0.1) is 11.6 Å². The van der Waals surface area contributed by atoms with E-state index in [0.29, 0.717) is 5.56 Å². The third-order valence-corrected chi connectivity index (χ3v) is 3.70. The second-order valence-corrected chi connectivity index (χ2v) is 5.28. The Morgan fingerprint density at radius 2 is 1.70 bits per heavy atom. The zero-order chi connectivity index (χ0) is 14.9. The minimum atomic E-state index is -4.35. The molecule has 1 unspecified atom stereocenters. The maximum atomic E-state index is 12.7. The molecule has 2 aromatic carbocycles. The van der Waals surface area contributed by atoms with E-state index in [9.17, 15) is 13.2 Å². The molecule has 0 saturated carbocycles. The summed E-state index contributed by atoms with van der Waals surface area (Å²) in [5.74, 6) is 0. The number of benzene rings is 2. The monoisotopic (exact) mass is 298 g/mol. The minimum Gasteiger partial charge on any atom is -0.166 e. The van der Waals surface area contributed by atoms with Gasteiger partial charge in [0.1, 0.15) is 0 Å². The molecule has 0 nitrogen and oxygen atoms in total. The smallest absolute Gasteiger partial charge is 0.166 e. The highest BCUT2D eigenvalue weighted by Crippen LogP contribution is 2.35. The summed E-state index contributed by atoms with van der Waals surface area (Å²) >= 11 is 6.36. The molecule has 1 atom stereocenters. The van der Waals surface area contributed by atoms with Crippen molar-refractivity contribution in [3.8, 4) is 0 Å². The van der Waals surface area contributed by atoms with Crippen molar-refractivity contribution in [2.45, 2.75) is 25.4 Å². The van der Waals surface area contributed by atoms with Crippen LogP contribution in [0.25, 0.3) is 0 Å². The summed E-state index contributed by atoms with van der Waals surface area (Å²) in [5.41, 5.74) is 2.61. The molecule has 2 aromatic rings. The Morgan fingerprint density at radius 1 is 1.00 bits per heavy atom. The summed E-state index contributed by atoms with van der Waals surface area (Å²) in [6, 6.07) is 11.0. The first-order valence-corrected chi connectivity index (χ1v) is 6.61.